The van der Waals surface area contributed by atoms with Crippen LogP contribution in [-0.2, 0) is 27.2 Å². The first kappa shape index (κ1) is 16.2. The number of amides is 1. The van der Waals surface area contributed by atoms with Crippen LogP contribution in [0.5, 0.6) is 0 Å². The molecule has 2 aromatic rings. The molecule has 0 unspecified atom stereocenters. The number of aromatic nitrogens is 2. The average molecular weight is 335 g/mol. The fourth-order valence-corrected chi connectivity index (χ4v) is 3.66. The lowest BCUT2D eigenvalue weighted by Gasteiger charge is -2.22. The predicted octanol–water partition coefficient (Wildman–Crippen LogP) is 2.62. The number of carbonyl (C=O) groups is 1. The Kier molecular flexibility index (Phi) is 5.43. The number of methoxy groups -OCH3 is 1. The molecule has 6 nitrogen and oxygen atoms in total. The van der Waals surface area contributed by atoms with Crippen molar-refractivity contribution >= 4 is 23.1 Å². The molecule has 0 saturated carbocycles. The normalized spacial score (nSPS) is 17.0. The summed E-state index contributed by atoms with van der Waals surface area (Å²) in [4.78, 5) is 13.4. The summed E-state index contributed by atoms with van der Waals surface area (Å²) in [5.41, 5.74) is 1.31. The summed E-state index contributed by atoms with van der Waals surface area (Å²) in [6, 6.07) is 3.93. The number of carbonyl (C=O) groups excluding carboxylic acids is 1. The number of fused-ring (bicyclic) bond motifs is 1. The van der Waals surface area contributed by atoms with Crippen molar-refractivity contribution in [2.75, 3.05) is 25.6 Å². The Balaban J connectivity index is 1.52. The van der Waals surface area contributed by atoms with E-state index >= 15 is 0 Å². The number of nitrogens with one attached hydrogen (secondary N) is 1. The van der Waals surface area contributed by atoms with Crippen molar-refractivity contribution in [2.24, 2.45) is 0 Å². The van der Waals surface area contributed by atoms with Crippen LogP contribution >= 0.6 is 11.3 Å². The van der Waals surface area contributed by atoms with Crippen LogP contribution in [0.15, 0.2) is 23.7 Å². The molecule has 0 fully saturated rings. The van der Waals surface area contributed by atoms with Gasteiger partial charge in [0.2, 0.25) is 5.91 Å². The van der Waals surface area contributed by atoms with Crippen LogP contribution in [0.3, 0.4) is 0 Å². The van der Waals surface area contributed by atoms with E-state index in [0.717, 1.165) is 19.4 Å². The van der Waals surface area contributed by atoms with E-state index in [2.05, 4.69) is 21.9 Å². The molecular weight excluding hydrogens is 314 g/mol. The monoisotopic (exact) mass is 335 g/mol. The van der Waals surface area contributed by atoms with E-state index in [0.29, 0.717) is 25.5 Å². The van der Waals surface area contributed by atoms with E-state index in [4.69, 9.17) is 9.47 Å². The Morgan fingerprint density at radius 1 is 1.57 bits per heavy atom. The van der Waals surface area contributed by atoms with Gasteiger partial charge < -0.3 is 14.8 Å². The minimum absolute atomic E-state index is 0.0709. The Morgan fingerprint density at radius 3 is 3.35 bits per heavy atom. The van der Waals surface area contributed by atoms with E-state index in [9.17, 15) is 4.79 Å². The summed E-state index contributed by atoms with van der Waals surface area (Å²) in [6.07, 6.45) is 3.87. The van der Waals surface area contributed by atoms with Gasteiger partial charge in [0.25, 0.3) is 0 Å². The summed E-state index contributed by atoms with van der Waals surface area (Å²) < 4.78 is 12.6. The number of anilines is 1. The smallest absolute Gasteiger partial charge is 0.228 e. The third-order valence-corrected chi connectivity index (χ3v) is 4.83. The van der Waals surface area contributed by atoms with Gasteiger partial charge >= 0.3 is 0 Å². The maximum absolute atomic E-state index is 12.2. The van der Waals surface area contributed by atoms with Crippen molar-refractivity contribution < 1.29 is 14.3 Å². The third kappa shape index (κ3) is 4.19. The number of ether oxygens (including phenoxy) is 2. The van der Waals surface area contributed by atoms with Gasteiger partial charge in [-0.1, -0.05) is 0 Å². The zero-order valence-electron chi connectivity index (χ0n) is 13.2. The molecule has 1 N–H and O–H groups in total. The first-order chi connectivity index (χ1) is 11.3. The highest BCUT2D eigenvalue weighted by Crippen LogP contribution is 2.33. The summed E-state index contributed by atoms with van der Waals surface area (Å²) >= 11 is 1.66. The van der Waals surface area contributed by atoms with Gasteiger partial charge in [0, 0.05) is 37.4 Å². The lowest BCUT2D eigenvalue weighted by Crippen LogP contribution is -2.21. The van der Waals surface area contributed by atoms with Gasteiger partial charge in [0.05, 0.1) is 13.0 Å². The summed E-state index contributed by atoms with van der Waals surface area (Å²) in [6.45, 7) is 2.15. The molecule has 1 aliphatic heterocycles. The molecule has 0 saturated heterocycles. The number of thiophene rings is 1. The molecule has 0 aliphatic carbocycles. The van der Waals surface area contributed by atoms with Crippen molar-refractivity contribution in [3.63, 3.8) is 0 Å². The third-order valence-electron chi connectivity index (χ3n) is 3.78. The fraction of sp³-hybridized carbons (Fsp3) is 0.500. The van der Waals surface area contributed by atoms with Gasteiger partial charge in [-0.15, -0.1) is 11.3 Å². The topological polar surface area (TPSA) is 65.4 Å². The molecule has 1 amide bonds. The molecule has 0 aromatic carbocycles. The van der Waals surface area contributed by atoms with Crippen LogP contribution in [0.25, 0.3) is 0 Å². The molecule has 3 heterocycles. The zero-order valence-corrected chi connectivity index (χ0v) is 14.0. The van der Waals surface area contributed by atoms with Gasteiger partial charge in [0.1, 0.15) is 6.10 Å². The molecule has 0 bridgehead atoms. The molecule has 2 aromatic heterocycles. The van der Waals surface area contributed by atoms with E-state index in [1.54, 1.807) is 18.4 Å². The van der Waals surface area contributed by atoms with Gasteiger partial charge in [-0.3, -0.25) is 9.48 Å². The van der Waals surface area contributed by atoms with Crippen molar-refractivity contribution in [2.45, 2.75) is 31.9 Å². The van der Waals surface area contributed by atoms with Gasteiger partial charge in [-0.25, -0.2) is 0 Å². The molecule has 1 aliphatic rings. The largest absolute Gasteiger partial charge is 0.385 e. The quantitative estimate of drug-likeness (QED) is 0.790. The van der Waals surface area contributed by atoms with Crippen molar-refractivity contribution in [1.82, 2.24) is 9.78 Å². The fourth-order valence-electron chi connectivity index (χ4n) is 2.66. The van der Waals surface area contributed by atoms with Gasteiger partial charge in [-0.05, 0) is 29.9 Å². The number of nitrogens with zero attached hydrogens (tertiary/aromatic N) is 2. The van der Waals surface area contributed by atoms with Crippen LogP contribution in [0.2, 0.25) is 0 Å². The van der Waals surface area contributed by atoms with E-state index in [-0.39, 0.29) is 12.0 Å². The van der Waals surface area contributed by atoms with Crippen LogP contribution in [0, 0.1) is 0 Å². The van der Waals surface area contributed by atoms with Gasteiger partial charge in [-0.2, -0.15) is 5.10 Å². The van der Waals surface area contributed by atoms with Crippen molar-refractivity contribution in [1.29, 1.82) is 0 Å². The number of aryl methyl sites for hydroxylation is 1. The molecule has 0 radical (unpaired) electrons. The van der Waals surface area contributed by atoms with E-state index < -0.39 is 0 Å². The zero-order chi connectivity index (χ0) is 16.1. The van der Waals surface area contributed by atoms with Crippen molar-refractivity contribution in [3.05, 3.63) is 34.2 Å². The second-order valence-corrected chi connectivity index (χ2v) is 6.43. The second kappa shape index (κ2) is 7.72. The van der Waals surface area contributed by atoms with Crippen LogP contribution in [0.1, 0.15) is 29.4 Å². The highest BCUT2D eigenvalue weighted by atomic mass is 32.1. The molecular formula is C16H21N3O3S. The average Bonchev–Trinajstić information content (AvgIpc) is 3.17. The predicted molar refractivity (Wildman–Crippen MR) is 88.7 cm³/mol. The lowest BCUT2D eigenvalue weighted by molar-refractivity contribution is -0.119. The Hall–Kier alpha value is -1.70. The van der Waals surface area contributed by atoms with E-state index in [1.807, 2.05) is 16.9 Å². The highest BCUT2D eigenvalue weighted by molar-refractivity contribution is 7.10. The first-order valence-corrected chi connectivity index (χ1v) is 8.64. The number of rotatable bonds is 7. The van der Waals surface area contributed by atoms with E-state index in [1.165, 1.54) is 10.4 Å². The number of hydrogen-bond donors (Lipinski definition) is 1. The minimum Gasteiger partial charge on any atom is -0.385 e. The molecule has 1 atom stereocenters. The van der Waals surface area contributed by atoms with Gasteiger partial charge in [0.15, 0.2) is 5.82 Å². The maximum Gasteiger partial charge on any atom is 0.228 e. The Bertz CT molecular complexity index is 653. The molecule has 0 spiro atoms. The molecule has 3 rings (SSSR count). The summed E-state index contributed by atoms with van der Waals surface area (Å²) in [5, 5.41) is 9.25. The Morgan fingerprint density at radius 2 is 2.48 bits per heavy atom. The Labute approximate surface area is 139 Å². The van der Waals surface area contributed by atoms with Crippen LogP contribution < -0.4 is 5.32 Å². The molecule has 124 valence electrons. The first-order valence-electron chi connectivity index (χ1n) is 7.76. The SMILES string of the molecule is COCCCn1ccc(NC(=O)C[C@@H]2OCCc3ccsc32)n1. The summed E-state index contributed by atoms with van der Waals surface area (Å²) in [7, 11) is 1.68. The number of hydrogen-bond acceptors (Lipinski definition) is 5. The molecule has 23 heavy (non-hydrogen) atoms. The summed E-state index contributed by atoms with van der Waals surface area (Å²) in [5.74, 6) is 0.507. The second-order valence-electron chi connectivity index (χ2n) is 5.48. The van der Waals surface area contributed by atoms with Crippen LogP contribution in [-0.4, -0.2) is 36.0 Å². The minimum atomic E-state index is -0.137. The highest BCUT2D eigenvalue weighted by Gasteiger charge is 2.24. The molecule has 7 heteroatoms. The van der Waals surface area contributed by atoms with Crippen molar-refractivity contribution in [3.8, 4) is 0 Å². The van der Waals surface area contributed by atoms with Crippen LogP contribution in [0.4, 0.5) is 5.82 Å². The standard InChI is InChI=1S/C16H21N3O3S/c1-21-8-2-6-19-7-3-14(18-19)17-15(20)11-13-16-12(4-9-22-13)5-10-23-16/h3,5,7,10,13H,2,4,6,8-9,11H2,1H3,(H,17,18,20)/t13-/m0/s1. The lowest BCUT2D eigenvalue weighted by atomic mass is 10.1. The maximum atomic E-state index is 12.2.